The molecular weight excluding hydrogens is 273 g/mol. The Morgan fingerprint density at radius 2 is 1.95 bits per heavy atom. The van der Waals surface area contributed by atoms with Crippen LogP contribution in [-0.2, 0) is 9.53 Å². The van der Waals surface area contributed by atoms with Crippen LogP contribution in [0.4, 0.5) is 13.2 Å². The number of nitrogens with zero attached hydrogens (tertiary/aromatic N) is 1. The minimum atomic E-state index is -4.37. The maximum absolute atomic E-state index is 12.6. The summed E-state index contributed by atoms with van der Waals surface area (Å²) < 4.78 is 43.0. The van der Waals surface area contributed by atoms with E-state index in [9.17, 15) is 18.0 Å². The Morgan fingerprint density at radius 1 is 1.35 bits per heavy atom. The molecule has 0 aromatic rings. The fourth-order valence-electron chi connectivity index (χ4n) is 2.68. The van der Waals surface area contributed by atoms with E-state index in [1.165, 1.54) is 7.11 Å². The molecule has 7 heteroatoms. The molecule has 1 rings (SSSR count). The highest BCUT2D eigenvalue weighted by Crippen LogP contribution is 2.32. The number of hydrogen-bond donors (Lipinski definition) is 1. The van der Waals surface area contributed by atoms with Crippen LogP contribution in [0.3, 0.4) is 0 Å². The Hall–Kier alpha value is -0.820. The van der Waals surface area contributed by atoms with Crippen LogP contribution in [0, 0.1) is 5.41 Å². The molecule has 1 heterocycles. The number of methoxy groups -OCH3 is 1. The second-order valence-corrected chi connectivity index (χ2v) is 5.31. The zero-order chi connectivity index (χ0) is 15.2. The molecule has 0 atom stereocenters. The van der Waals surface area contributed by atoms with Gasteiger partial charge in [-0.25, -0.2) is 0 Å². The van der Waals surface area contributed by atoms with Gasteiger partial charge in [-0.05, 0) is 32.4 Å². The van der Waals surface area contributed by atoms with E-state index in [2.05, 4.69) is 5.32 Å². The van der Waals surface area contributed by atoms with Crippen molar-refractivity contribution in [1.29, 1.82) is 0 Å². The van der Waals surface area contributed by atoms with Gasteiger partial charge in [-0.3, -0.25) is 4.79 Å². The Balaban J connectivity index is 2.88. The van der Waals surface area contributed by atoms with Crippen molar-refractivity contribution in [3.8, 4) is 0 Å². The Labute approximate surface area is 117 Å². The van der Waals surface area contributed by atoms with Crippen molar-refractivity contribution in [3.63, 3.8) is 0 Å². The lowest BCUT2D eigenvalue weighted by atomic mass is 9.78. The second kappa shape index (κ2) is 7.26. The van der Waals surface area contributed by atoms with Crippen LogP contribution >= 0.6 is 0 Å². The number of alkyl halides is 3. The van der Waals surface area contributed by atoms with Crippen LogP contribution in [-0.4, -0.2) is 56.9 Å². The van der Waals surface area contributed by atoms with Crippen LogP contribution in [0.15, 0.2) is 0 Å². The third-order valence-electron chi connectivity index (χ3n) is 3.59. The lowest BCUT2D eigenvalue weighted by Gasteiger charge is -2.39. The van der Waals surface area contributed by atoms with Crippen molar-refractivity contribution >= 4 is 5.91 Å². The molecule has 0 saturated carbocycles. The van der Waals surface area contributed by atoms with Crippen molar-refractivity contribution in [2.24, 2.45) is 5.41 Å². The van der Waals surface area contributed by atoms with Crippen molar-refractivity contribution < 1.29 is 22.7 Å². The Morgan fingerprint density at radius 3 is 2.40 bits per heavy atom. The fraction of sp³-hybridized carbons (Fsp3) is 0.923. The van der Waals surface area contributed by atoms with E-state index in [0.717, 1.165) is 4.90 Å². The van der Waals surface area contributed by atoms with Gasteiger partial charge >= 0.3 is 6.18 Å². The molecule has 1 saturated heterocycles. The molecule has 0 aliphatic carbocycles. The average Bonchev–Trinajstić information content (AvgIpc) is 2.37. The third-order valence-corrected chi connectivity index (χ3v) is 3.59. The van der Waals surface area contributed by atoms with Gasteiger partial charge in [0.1, 0.15) is 6.54 Å². The first-order valence-electron chi connectivity index (χ1n) is 6.90. The minimum absolute atomic E-state index is 0.122. The van der Waals surface area contributed by atoms with Crippen molar-refractivity contribution in [2.45, 2.75) is 32.4 Å². The van der Waals surface area contributed by atoms with Gasteiger partial charge in [0.2, 0.25) is 5.91 Å². The molecule has 0 aromatic heterocycles. The summed E-state index contributed by atoms with van der Waals surface area (Å²) in [4.78, 5) is 13.5. The lowest BCUT2D eigenvalue weighted by molar-refractivity contribution is -0.171. The first kappa shape index (κ1) is 17.2. The first-order chi connectivity index (χ1) is 9.34. The molecule has 1 aliphatic heterocycles. The van der Waals surface area contributed by atoms with Crippen LogP contribution in [0.25, 0.3) is 0 Å². The van der Waals surface area contributed by atoms with Gasteiger partial charge in [0.05, 0.1) is 12.0 Å². The third kappa shape index (κ3) is 4.63. The van der Waals surface area contributed by atoms with Gasteiger partial charge in [-0.1, -0.05) is 6.92 Å². The number of carbonyl (C=O) groups excluding carboxylic acids is 1. The van der Waals surface area contributed by atoms with Crippen molar-refractivity contribution in [3.05, 3.63) is 0 Å². The van der Waals surface area contributed by atoms with Gasteiger partial charge < -0.3 is 15.0 Å². The molecule has 0 spiro atoms. The fourth-order valence-corrected chi connectivity index (χ4v) is 2.68. The smallest absolute Gasteiger partial charge is 0.384 e. The highest BCUT2D eigenvalue weighted by molar-refractivity contribution is 5.83. The Bertz CT molecular complexity index is 310. The predicted octanol–water partition coefficient (Wildman–Crippen LogP) is 1.80. The normalized spacial score (nSPS) is 18.9. The summed E-state index contributed by atoms with van der Waals surface area (Å²) in [6, 6.07) is 0. The molecule has 0 bridgehead atoms. The largest absolute Gasteiger partial charge is 0.406 e. The molecule has 118 valence electrons. The summed E-state index contributed by atoms with van der Waals surface area (Å²) in [7, 11) is 1.48. The summed E-state index contributed by atoms with van der Waals surface area (Å²) in [6.07, 6.45) is -2.84. The van der Waals surface area contributed by atoms with E-state index in [4.69, 9.17) is 4.74 Å². The number of ether oxygens (including phenoxy) is 1. The van der Waals surface area contributed by atoms with E-state index < -0.39 is 24.0 Å². The topological polar surface area (TPSA) is 41.6 Å². The number of halogens is 3. The van der Waals surface area contributed by atoms with Crippen LogP contribution in [0.2, 0.25) is 0 Å². The maximum Gasteiger partial charge on any atom is 0.406 e. The molecule has 4 nitrogen and oxygen atoms in total. The number of nitrogens with one attached hydrogen (secondary N) is 1. The number of carbonyl (C=O) groups is 1. The van der Waals surface area contributed by atoms with Crippen LogP contribution < -0.4 is 5.32 Å². The Kier molecular flexibility index (Phi) is 6.26. The molecule has 1 amide bonds. The molecule has 20 heavy (non-hydrogen) atoms. The second-order valence-electron chi connectivity index (χ2n) is 5.31. The molecule has 0 radical (unpaired) electrons. The number of piperidine rings is 1. The molecule has 0 aromatic carbocycles. The summed E-state index contributed by atoms with van der Waals surface area (Å²) in [5, 5.41) is 3.12. The SMILES string of the molecule is CCCN(CC(F)(F)F)C(=O)C1(COC)CCNCC1. The maximum atomic E-state index is 12.6. The highest BCUT2D eigenvalue weighted by atomic mass is 19.4. The van der Waals surface area contributed by atoms with Gasteiger partial charge in [0.25, 0.3) is 0 Å². The summed E-state index contributed by atoms with van der Waals surface area (Å²) in [5.74, 6) is -0.431. The van der Waals surface area contributed by atoms with E-state index in [-0.39, 0.29) is 13.2 Å². The van der Waals surface area contributed by atoms with Crippen LogP contribution in [0.1, 0.15) is 26.2 Å². The van der Waals surface area contributed by atoms with Crippen molar-refractivity contribution in [2.75, 3.05) is 39.9 Å². The molecular formula is C13H23F3N2O2. The minimum Gasteiger partial charge on any atom is -0.384 e. The number of hydrogen-bond acceptors (Lipinski definition) is 3. The van der Waals surface area contributed by atoms with Gasteiger partial charge in [-0.15, -0.1) is 0 Å². The number of amides is 1. The van der Waals surface area contributed by atoms with Gasteiger partial charge in [-0.2, -0.15) is 13.2 Å². The van der Waals surface area contributed by atoms with E-state index in [0.29, 0.717) is 32.4 Å². The highest BCUT2D eigenvalue weighted by Gasteiger charge is 2.44. The molecule has 1 N–H and O–H groups in total. The van der Waals surface area contributed by atoms with Gasteiger partial charge in [0, 0.05) is 13.7 Å². The molecule has 1 fully saturated rings. The summed E-state index contributed by atoms with van der Waals surface area (Å²) in [6.45, 7) is 2.13. The number of rotatable bonds is 6. The standard InChI is InChI=1S/C13H23F3N2O2/c1-3-8-18(9-13(14,15)16)11(19)12(10-20-2)4-6-17-7-5-12/h17H,3-10H2,1-2H3. The average molecular weight is 296 g/mol. The van der Waals surface area contributed by atoms with E-state index in [1.807, 2.05) is 0 Å². The zero-order valence-electron chi connectivity index (χ0n) is 12.1. The summed E-state index contributed by atoms with van der Waals surface area (Å²) >= 11 is 0. The summed E-state index contributed by atoms with van der Waals surface area (Å²) in [5.41, 5.74) is -0.819. The van der Waals surface area contributed by atoms with Crippen LogP contribution in [0.5, 0.6) is 0 Å². The monoisotopic (exact) mass is 296 g/mol. The predicted molar refractivity (Wildman–Crippen MR) is 69.3 cm³/mol. The van der Waals surface area contributed by atoms with Crippen molar-refractivity contribution in [1.82, 2.24) is 10.2 Å². The van der Waals surface area contributed by atoms with Gasteiger partial charge in [0.15, 0.2) is 0 Å². The van der Waals surface area contributed by atoms with E-state index in [1.54, 1.807) is 6.92 Å². The molecule has 1 aliphatic rings. The zero-order valence-corrected chi connectivity index (χ0v) is 12.1. The lowest BCUT2D eigenvalue weighted by Crippen LogP contribution is -2.53. The van der Waals surface area contributed by atoms with E-state index >= 15 is 0 Å². The quantitative estimate of drug-likeness (QED) is 0.812. The molecule has 0 unspecified atom stereocenters. The first-order valence-corrected chi connectivity index (χ1v) is 6.90.